The predicted molar refractivity (Wildman–Crippen MR) is 93.2 cm³/mol. The lowest BCUT2D eigenvalue weighted by molar-refractivity contribution is 0.0609. The van der Waals surface area contributed by atoms with Gasteiger partial charge in [0.1, 0.15) is 11.5 Å². The number of aliphatic hydroxyl groups is 1. The van der Waals surface area contributed by atoms with Crippen LogP contribution in [0.2, 0.25) is 5.02 Å². The Morgan fingerprint density at radius 3 is 2.75 bits per heavy atom. The molecule has 1 aromatic carbocycles. The number of imidazole rings is 1. The number of halogens is 1. The molecule has 0 bridgehead atoms. The first-order chi connectivity index (χ1) is 11.6. The third kappa shape index (κ3) is 3.61. The number of rotatable bonds is 4. The van der Waals surface area contributed by atoms with Gasteiger partial charge in [-0.25, -0.2) is 4.98 Å². The number of aromatic amines is 1. The van der Waals surface area contributed by atoms with Crippen molar-refractivity contribution in [2.24, 2.45) is 0 Å². The summed E-state index contributed by atoms with van der Waals surface area (Å²) in [7, 11) is 0. The van der Waals surface area contributed by atoms with E-state index in [1.807, 2.05) is 30.0 Å². The zero-order valence-corrected chi connectivity index (χ0v) is 14.4. The van der Waals surface area contributed by atoms with Gasteiger partial charge in [0.2, 0.25) is 0 Å². The monoisotopic (exact) mass is 348 g/mol. The number of aliphatic hydroxyl groups excluding tert-OH is 1. The number of benzene rings is 1. The zero-order chi connectivity index (χ0) is 17.1. The summed E-state index contributed by atoms with van der Waals surface area (Å²) in [5.41, 5.74) is 2.07. The largest absolute Gasteiger partial charge is 0.395 e. The van der Waals surface area contributed by atoms with Crippen molar-refractivity contribution in [3.63, 3.8) is 0 Å². The Morgan fingerprint density at radius 1 is 1.33 bits per heavy atom. The molecule has 1 aliphatic rings. The summed E-state index contributed by atoms with van der Waals surface area (Å²) in [4.78, 5) is 24.4. The van der Waals surface area contributed by atoms with E-state index >= 15 is 0 Å². The fourth-order valence-corrected chi connectivity index (χ4v) is 3.10. The summed E-state index contributed by atoms with van der Waals surface area (Å²) in [5, 5.41) is 9.63. The number of hydrogen-bond acceptors (Lipinski definition) is 4. The highest BCUT2D eigenvalue weighted by molar-refractivity contribution is 6.30. The summed E-state index contributed by atoms with van der Waals surface area (Å²) in [6.45, 7) is 5.51. The van der Waals surface area contributed by atoms with Crippen LogP contribution in [0.25, 0.3) is 11.4 Å². The summed E-state index contributed by atoms with van der Waals surface area (Å²) in [5.74, 6) is 0.595. The molecule has 2 N–H and O–H groups in total. The van der Waals surface area contributed by atoms with Crippen molar-refractivity contribution in [3.05, 3.63) is 40.7 Å². The number of carbonyl (C=O) groups is 1. The second-order valence-corrected chi connectivity index (χ2v) is 6.36. The van der Waals surface area contributed by atoms with Gasteiger partial charge in [-0.05, 0) is 19.1 Å². The van der Waals surface area contributed by atoms with Crippen molar-refractivity contribution in [1.82, 2.24) is 19.8 Å². The van der Waals surface area contributed by atoms with Crippen molar-refractivity contribution < 1.29 is 9.90 Å². The van der Waals surface area contributed by atoms with Gasteiger partial charge in [-0.2, -0.15) is 0 Å². The molecule has 0 saturated carbocycles. The highest BCUT2D eigenvalue weighted by Crippen LogP contribution is 2.22. The molecule has 0 atom stereocenters. The van der Waals surface area contributed by atoms with E-state index in [1.165, 1.54) is 0 Å². The second-order valence-electron chi connectivity index (χ2n) is 5.93. The molecule has 1 saturated heterocycles. The van der Waals surface area contributed by atoms with Crippen LogP contribution in [0.4, 0.5) is 0 Å². The van der Waals surface area contributed by atoms with Crippen LogP contribution in [-0.2, 0) is 0 Å². The molecule has 0 radical (unpaired) electrons. The maximum Gasteiger partial charge on any atom is 0.274 e. The maximum atomic E-state index is 12.7. The number of aryl methyl sites for hydroxylation is 1. The Hall–Kier alpha value is -1.89. The van der Waals surface area contributed by atoms with Crippen molar-refractivity contribution in [2.75, 3.05) is 39.3 Å². The minimum Gasteiger partial charge on any atom is -0.395 e. The lowest BCUT2D eigenvalue weighted by atomic mass is 10.2. The van der Waals surface area contributed by atoms with Gasteiger partial charge < -0.3 is 15.0 Å². The Kier molecular flexibility index (Phi) is 5.18. The van der Waals surface area contributed by atoms with Crippen LogP contribution in [0.3, 0.4) is 0 Å². The molecular formula is C17H21ClN4O2. The molecule has 0 spiro atoms. The van der Waals surface area contributed by atoms with Gasteiger partial charge in [0, 0.05) is 49.0 Å². The van der Waals surface area contributed by atoms with Crippen molar-refractivity contribution in [1.29, 1.82) is 0 Å². The Bertz CT molecular complexity index is 723. The number of nitrogens with zero attached hydrogens (tertiary/aromatic N) is 3. The number of β-amino-alcohol motifs (C(OH)–C–C–N with tert-alkyl or cyclic N) is 1. The van der Waals surface area contributed by atoms with E-state index in [0.717, 1.165) is 24.3 Å². The molecule has 1 amide bonds. The van der Waals surface area contributed by atoms with Crippen LogP contribution in [0.15, 0.2) is 24.3 Å². The summed E-state index contributed by atoms with van der Waals surface area (Å²) >= 11 is 6.03. The molecule has 24 heavy (non-hydrogen) atoms. The molecular weight excluding hydrogens is 328 g/mol. The summed E-state index contributed by atoms with van der Waals surface area (Å²) in [6.07, 6.45) is 0. The topological polar surface area (TPSA) is 72.5 Å². The van der Waals surface area contributed by atoms with Crippen molar-refractivity contribution in [2.45, 2.75) is 6.92 Å². The van der Waals surface area contributed by atoms with E-state index in [1.54, 1.807) is 6.07 Å². The standard InChI is InChI=1S/C17H21ClN4O2/c1-12-15(17(24)22-7-5-21(6-8-22)9-10-23)20-16(19-12)13-3-2-4-14(18)11-13/h2-4,11,23H,5-10H2,1H3,(H,19,20). The average Bonchev–Trinajstić information content (AvgIpc) is 2.97. The van der Waals surface area contributed by atoms with Gasteiger partial charge in [-0.3, -0.25) is 9.69 Å². The summed E-state index contributed by atoms with van der Waals surface area (Å²) < 4.78 is 0. The molecule has 1 fully saturated rings. The van der Waals surface area contributed by atoms with E-state index in [4.69, 9.17) is 16.7 Å². The number of H-pyrrole nitrogens is 1. The molecule has 128 valence electrons. The van der Waals surface area contributed by atoms with E-state index < -0.39 is 0 Å². The van der Waals surface area contributed by atoms with E-state index in [9.17, 15) is 4.79 Å². The van der Waals surface area contributed by atoms with Gasteiger partial charge in [0.15, 0.2) is 0 Å². The quantitative estimate of drug-likeness (QED) is 0.883. The fourth-order valence-electron chi connectivity index (χ4n) is 2.91. The van der Waals surface area contributed by atoms with Crippen LogP contribution in [0, 0.1) is 6.92 Å². The van der Waals surface area contributed by atoms with Crippen LogP contribution in [0.5, 0.6) is 0 Å². The maximum absolute atomic E-state index is 12.7. The molecule has 1 aromatic heterocycles. The number of carbonyl (C=O) groups excluding carboxylic acids is 1. The number of nitrogens with one attached hydrogen (secondary N) is 1. The van der Waals surface area contributed by atoms with Crippen LogP contribution < -0.4 is 0 Å². The van der Waals surface area contributed by atoms with Crippen LogP contribution in [0.1, 0.15) is 16.2 Å². The highest BCUT2D eigenvalue weighted by Gasteiger charge is 2.25. The van der Waals surface area contributed by atoms with E-state index in [-0.39, 0.29) is 12.5 Å². The molecule has 2 heterocycles. The molecule has 1 aliphatic heterocycles. The van der Waals surface area contributed by atoms with Gasteiger partial charge in [0.25, 0.3) is 5.91 Å². The zero-order valence-electron chi connectivity index (χ0n) is 13.6. The van der Waals surface area contributed by atoms with E-state index in [0.29, 0.717) is 36.2 Å². The Morgan fingerprint density at radius 2 is 2.08 bits per heavy atom. The van der Waals surface area contributed by atoms with Crippen LogP contribution >= 0.6 is 11.6 Å². The van der Waals surface area contributed by atoms with Gasteiger partial charge in [-0.1, -0.05) is 23.7 Å². The number of piperazine rings is 1. The minimum atomic E-state index is -0.0549. The highest BCUT2D eigenvalue weighted by atomic mass is 35.5. The normalized spacial score (nSPS) is 15.7. The number of aromatic nitrogens is 2. The minimum absolute atomic E-state index is 0.0549. The Labute approximate surface area is 146 Å². The van der Waals surface area contributed by atoms with Gasteiger partial charge in [0.05, 0.1) is 6.61 Å². The lowest BCUT2D eigenvalue weighted by Gasteiger charge is -2.34. The first kappa shape index (κ1) is 17.0. The number of amides is 1. The van der Waals surface area contributed by atoms with E-state index in [2.05, 4.69) is 14.9 Å². The Balaban J connectivity index is 1.74. The van der Waals surface area contributed by atoms with Gasteiger partial charge in [-0.15, -0.1) is 0 Å². The third-order valence-electron chi connectivity index (χ3n) is 4.26. The van der Waals surface area contributed by atoms with Crippen molar-refractivity contribution >= 4 is 17.5 Å². The molecule has 2 aromatic rings. The third-order valence-corrected chi connectivity index (χ3v) is 4.50. The molecule has 6 nitrogen and oxygen atoms in total. The molecule has 7 heteroatoms. The van der Waals surface area contributed by atoms with Crippen molar-refractivity contribution in [3.8, 4) is 11.4 Å². The first-order valence-corrected chi connectivity index (χ1v) is 8.41. The number of hydrogen-bond donors (Lipinski definition) is 2. The smallest absolute Gasteiger partial charge is 0.274 e. The van der Waals surface area contributed by atoms with Gasteiger partial charge >= 0.3 is 0 Å². The molecule has 0 unspecified atom stereocenters. The SMILES string of the molecule is Cc1[nH]c(-c2cccc(Cl)c2)nc1C(=O)N1CCN(CCO)CC1. The fraction of sp³-hybridized carbons (Fsp3) is 0.412. The second kappa shape index (κ2) is 7.34. The predicted octanol–water partition coefficient (Wildman–Crippen LogP) is 1.79. The molecule has 3 rings (SSSR count). The lowest BCUT2D eigenvalue weighted by Crippen LogP contribution is -2.49. The first-order valence-electron chi connectivity index (χ1n) is 8.03. The molecule has 0 aliphatic carbocycles. The average molecular weight is 349 g/mol. The van der Waals surface area contributed by atoms with Crippen LogP contribution in [-0.4, -0.2) is 70.1 Å². The summed E-state index contributed by atoms with van der Waals surface area (Å²) in [6, 6.07) is 7.39.